The molecule has 6 heteroatoms. The summed E-state index contributed by atoms with van der Waals surface area (Å²) in [5.74, 6) is -2.42. The molecule has 0 unspecified atom stereocenters. The van der Waals surface area contributed by atoms with Crippen LogP contribution >= 0.6 is 0 Å². The summed E-state index contributed by atoms with van der Waals surface area (Å²) in [7, 11) is 0. The van der Waals surface area contributed by atoms with Crippen molar-refractivity contribution in [1.29, 1.82) is 0 Å². The number of nitrogens with zero attached hydrogens (tertiary/aromatic N) is 2. The van der Waals surface area contributed by atoms with Crippen molar-refractivity contribution < 1.29 is 18.7 Å². The number of rotatable bonds is 4. The molecule has 1 heterocycles. The van der Waals surface area contributed by atoms with Crippen molar-refractivity contribution in [3.63, 3.8) is 0 Å². The predicted octanol–water partition coefficient (Wildman–Crippen LogP) is 3.46. The third kappa shape index (κ3) is 2.55. The van der Waals surface area contributed by atoms with E-state index in [1.807, 2.05) is 18.2 Å². The molecule has 0 atom stereocenters. The summed E-state index contributed by atoms with van der Waals surface area (Å²) in [5, 5.41) is 8.88. The molecule has 1 N–H and O–H groups in total. The Hall–Kier alpha value is -2.76. The fraction of sp³-hybridized carbons (Fsp3) is 0.125. The quantitative estimate of drug-likeness (QED) is 0.803. The fourth-order valence-corrected chi connectivity index (χ4v) is 2.36. The molecule has 4 nitrogen and oxygen atoms in total. The van der Waals surface area contributed by atoms with Gasteiger partial charge >= 0.3 is 5.97 Å². The molecule has 1 aromatic heterocycles. The monoisotopic (exact) mass is 302 g/mol. The Balaban J connectivity index is 2.16. The number of imidazole rings is 1. The van der Waals surface area contributed by atoms with Crippen LogP contribution in [0.3, 0.4) is 0 Å². The van der Waals surface area contributed by atoms with E-state index in [1.54, 1.807) is 10.6 Å². The number of aliphatic carboxylic acids is 1. The van der Waals surface area contributed by atoms with E-state index in [1.165, 1.54) is 6.07 Å². The first kappa shape index (κ1) is 14.2. The van der Waals surface area contributed by atoms with Crippen LogP contribution in [0.15, 0.2) is 42.5 Å². The summed E-state index contributed by atoms with van der Waals surface area (Å²) in [4.78, 5) is 15.2. The molecule has 0 aliphatic heterocycles. The number of carboxylic acids is 1. The van der Waals surface area contributed by atoms with Gasteiger partial charge in [-0.15, -0.1) is 0 Å². The maximum Gasteiger partial charge on any atom is 0.305 e. The standard InChI is InChI=1S/C16H12F2N2O2/c17-11-6-5-10(9-12(11)18)16-19-13-3-1-2-4-14(13)20(16)8-7-15(21)22/h1-6,9H,7-8H2,(H,21,22). The van der Waals surface area contributed by atoms with Crippen LogP contribution in [-0.4, -0.2) is 20.6 Å². The van der Waals surface area contributed by atoms with Crippen molar-refractivity contribution in [3.8, 4) is 11.4 Å². The number of para-hydroxylation sites is 2. The molecule has 22 heavy (non-hydrogen) atoms. The molecule has 0 aliphatic rings. The van der Waals surface area contributed by atoms with Gasteiger partial charge in [-0.05, 0) is 30.3 Å². The van der Waals surface area contributed by atoms with E-state index in [2.05, 4.69) is 4.98 Å². The Morgan fingerprint density at radius 1 is 1.14 bits per heavy atom. The number of benzene rings is 2. The fourth-order valence-electron chi connectivity index (χ4n) is 2.36. The van der Waals surface area contributed by atoms with E-state index >= 15 is 0 Å². The van der Waals surface area contributed by atoms with Gasteiger partial charge in [0.2, 0.25) is 0 Å². The SMILES string of the molecule is O=C(O)CCn1c(-c2ccc(F)c(F)c2)nc2ccccc21. The number of hydrogen-bond acceptors (Lipinski definition) is 2. The summed E-state index contributed by atoms with van der Waals surface area (Å²) in [6.45, 7) is 0.199. The number of halogens is 2. The van der Waals surface area contributed by atoms with E-state index in [-0.39, 0.29) is 13.0 Å². The number of fused-ring (bicyclic) bond motifs is 1. The number of aromatic nitrogens is 2. The van der Waals surface area contributed by atoms with Gasteiger partial charge in [0.05, 0.1) is 17.5 Å². The minimum atomic E-state index is -0.964. The maximum atomic E-state index is 13.5. The molecule has 0 radical (unpaired) electrons. The van der Waals surface area contributed by atoms with Gasteiger partial charge in [0.25, 0.3) is 0 Å². The van der Waals surface area contributed by atoms with Crippen molar-refractivity contribution in [2.45, 2.75) is 13.0 Å². The molecule has 112 valence electrons. The smallest absolute Gasteiger partial charge is 0.305 e. The second-order valence-corrected chi connectivity index (χ2v) is 4.85. The normalized spacial score (nSPS) is 11.0. The third-order valence-electron chi connectivity index (χ3n) is 3.38. The van der Waals surface area contributed by atoms with Gasteiger partial charge in [0, 0.05) is 12.1 Å². The van der Waals surface area contributed by atoms with Gasteiger partial charge < -0.3 is 9.67 Å². The number of carboxylic acid groups (broad SMARTS) is 1. The zero-order valence-electron chi connectivity index (χ0n) is 11.5. The van der Waals surface area contributed by atoms with Crippen LogP contribution < -0.4 is 0 Å². The van der Waals surface area contributed by atoms with Crippen LogP contribution in [0.5, 0.6) is 0 Å². The molecule has 3 rings (SSSR count). The van der Waals surface area contributed by atoms with Gasteiger partial charge in [-0.1, -0.05) is 12.1 Å². The average molecular weight is 302 g/mol. The number of aryl methyl sites for hydroxylation is 1. The summed E-state index contributed by atoms with van der Waals surface area (Å²) in [6.07, 6.45) is -0.0863. The van der Waals surface area contributed by atoms with Crippen molar-refractivity contribution in [2.24, 2.45) is 0 Å². The summed E-state index contributed by atoms with van der Waals surface area (Å²) in [6, 6.07) is 10.8. The lowest BCUT2D eigenvalue weighted by Gasteiger charge is -2.08. The lowest BCUT2D eigenvalue weighted by Crippen LogP contribution is -2.06. The maximum absolute atomic E-state index is 13.5. The molecule has 0 amide bonds. The first-order valence-corrected chi connectivity index (χ1v) is 6.69. The lowest BCUT2D eigenvalue weighted by atomic mass is 10.2. The van der Waals surface area contributed by atoms with E-state index in [9.17, 15) is 13.6 Å². The zero-order valence-corrected chi connectivity index (χ0v) is 11.5. The highest BCUT2D eigenvalue weighted by molar-refractivity contribution is 5.81. The highest BCUT2D eigenvalue weighted by Crippen LogP contribution is 2.26. The van der Waals surface area contributed by atoms with Crippen molar-refractivity contribution in [2.75, 3.05) is 0 Å². The van der Waals surface area contributed by atoms with Crippen LogP contribution in [0, 0.1) is 11.6 Å². The molecule has 0 fully saturated rings. The summed E-state index contributed by atoms with van der Waals surface area (Å²) >= 11 is 0. The highest BCUT2D eigenvalue weighted by Gasteiger charge is 2.15. The Morgan fingerprint density at radius 2 is 1.91 bits per heavy atom. The summed E-state index contributed by atoms with van der Waals surface area (Å²) in [5.41, 5.74) is 1.83. The van der Waals surface area contributed by atoms with Crippen molar-refractivity contribution in [1.82, 2.24) is 9.55 Å². The first-order valence-electron chi connectivity index (χ1n) is 6.69. The van der Waals surface area contributed by atoms with Crippen molar-refractivity contribution >= 4 is 17.0 Å². The van der Waals surface area contributed by atoms with Crippen molar-refractivity contribution in [3.05, 3.63) is 54.1 Å². The molecule has 0 saturated heterocycles. The second-order valence-electron chi connectivity index (χ2n) is 4.85. The van der Waals surface area contributed by atoms with Gasteiger partial charge in [0.15, 0.2) is 11.6 Å². The van der Waals surface area contributed by atoms with Gasteiger partial charge in [0.1, 0.15) is 5.82 Å². The predicted molar refractivity (Wildman–Crippen MR) is 77.3 cm³/mol. The van der Waals surface area contributed by atoms with E-state index in [0.29, 0.717) is 16.9 Å². The zero-order chi connectivity index (χ0) is 15.7. The van der Waals surface area contributed by atoms with Crippen LogP contribution in [0.4, 0.5) is 8.78 Å². The number of carbonyl (C=O) groups is 1. The minimum Gasteiger partial charge on any atom is -0.481 e. The molecule has 0 bridgehead atoms. The Labute approximate surface area is 124 Å². The van der Waals surface area contributed by atoms with Crippen LogP contribution in [0.1, 0.15) is 6.42 Å². The van der Waals surface area contributed by atoms with Gasteiger partial charge in [-0.3, -0.25) is 4.79 Å². The first-order chi connectivity index (χ1) is 10.6. The van der Waals surface area contributed by atoms with Crippen LogP contribution in [0.25, 0.3) is 22.4 Å². The number of hydrogen-bond donors (Lipinski definition) is 1. The third-order valence-corrected chi connectivity index (χ3v) is 3.38. The molecule has 0 saturated carbocycles. The average Bonchev–Trinajstić information content (AvgIpc) is 2.86. The molecule has 2 aromatic carbocycles. The molecular weight excluding hydrogens is 290 g/mol. The Kier molecular flexibility index (Phi) is 3.58. The summed E-state index contributed by atoms with van der Waals surface area (Å²) < 4.78 is 28.3. The van der Waals surface area contributed by atoms with Gasteiger partial charge in [-0.25, -0.2) is 13.8 Å². The minimum absolute atomic E-state index is 0.0863. The van der Waals surface area contributed by atoms with E-state index in [4.69, 9.17) is 5.11 Å². The highest BCUT2D eigenvalue weighted by atomic mass is 19.2. The Bertz CT molecular complexity index is 858. The van der Waals surface area contributed by atoms with E-state index in [0.717, 1.165) is 17.6 Å². The largest absolute Gasteiger partial charge is 0.481 e. The Morgan fingerprint density at radius 3 is 2.64 bits per heavy atom. The van der Waals surface area contributed by atoms with Crippen LogP contribution in [-0.2, 0) is 11.3 Å². The topological polar surface area (TPSA) is 55.1 Å². The lowest BCUT2D eigenvalue weighted by molar-refractivity contribution is -0.137. The molecular formula is C16H12F2N2O2. The second kappa shape index (κ2) is 5.55. The van der Waals surface area contributed by atoms with Crippen LogP contribution in [0.2, 0.25) is 0 Å². The van der Waals surface area contributed by atoms with Gasteiger partial charge in [-0.2, -0.15) is 0 Å². The molecule has 0 aliphatic carbocycles. The molecule has 3 aromatic rings. The molecule has 0 spiro atoms. The van der Waals surface area contributed by atoms with E-state index < -0.39 is 17.6 Å².